The molecule has 0 saturated carbocycles. The number of rotatable bonds is 4. The molecule has 3 rings (SSSR count). The lowest BCUT2D eigenvalue weighted by molar-refractivity contribution is 0.0279. The number of benzene rings is 2. The molecule has 0 bridgehead atoms. The van der Waals surface area contributed by atoms with Crippen molar-refractivity contribution in [3.63, 3.8) is 0 Å². The summed E-state index contributed by atoms with van der Waals surface area (Å²) in [5, 5.41) is 7.94. The standard InChI is InChI=1S/C17H13BrN2O3/c1-11(22-17(21)13-9-5-6-10-14(13)18)15-19-20-16(23-15)12-7-3-2-4-8-12/h2-11H,1H3/t11-/m1/s1. The van der Waals surface area contributed by atoms with Gasteiger partial charge in [0.05, 0.1) is 5.56 Å². The van der Waals surface area contributed by atoms with Gasteiger partial charge in [0.1, 0.15) is 0 Å². The van der Waals surface area contributed by atoms with Crippen LogP contribution in [0, 0.1) is 0 Å². The average molecular weight is 373 g/mol. The smallest absolute Gasteiger partial charge is 0.340 e. The van der Waals surface area contributed by atoms with Gasteiger partial charge in [0.2, 0.25) is 5.89 Å². The number of carbonyl (C=O) groups excluding carboxylic acids is 1. The molecule has 0 radical (unpaired) electrons. The van der Waals surface area contributed by atoms with Gasteiger partial charge in [0.15, 0.2) is 6.10 Å². The zero-order valence-corrected chi connectivity index (χ0v) is 13.9. The van der Waals surface area contributed by atoms with Crippen LogP contribution >= 0.6 is 15.9 Å². The molecule has 0 spiro atoms. The van der Waals surface area contributed by atoms with E-state index in [0.29, 0.717) is 15.9 Å². The van der Waals surface area contributed by atoms with Gasteiger partial charge in [-0.1, -0.05) is 30.3 Å². The molecule has 0 unspecified atom stereocenters. The van der Waals surface area contributed by atoms with Gasteiger partial charge >= 0.3 is 5.97 Å². The lowest BCUT2D eigenvalue weighted by Gasteiger charge is -2.10. The predicted molar refractivity (Wildman–Crippen MR) is 87.7 cm³/mol. The summed E-state index contributed by atoms with van der Waals surface area (Å²) in [6, 6.07) is 16.5. The van der Waals surface area contributed by atoms with Crippen molar-refractivity contribution in [1.29, 1.82) is 0 Å². The van der Waals surface area contributed by atoms with Crippen LogP contribution in [0.1, 0.15) is 29.3 Å². The zero-order valence-electron chi connectivity index (χ0n) is 12.3. The second-order valence-corrected chi connectivity index (χ2v) is 5.69. The highest BCUT2D eigenvalue weighted by atomic mass is 79.9. The van der Waals surface area contributed by atoms with E-state index in [0.717, 1.165) is 5.56 Å². The fraction of sp³-hybridized carbons (Fsp3) is 0.118. The highest BCUT2D eigenvalue weighted by Crippen LogP contribution is 2.24. The number of carbonyl (C=O) groups is 1. The Hall–Kier alpha value is -2.47. The van der Waals surface area contributed by atoms with E-state index in [1.165, 1.54) is 0 Å². The van der Waals surface area contributed by atoms with Crippen LogP contribution in [0.3, 0.4) is 0 Å². The molecule has 0 amide bonds. The van der Waals surface area contributed by atoms with Gasteiger partial charge in [-0.25, -0.2) is 4.79 Å². The van der Waals surface area contributed by atoms with E-state index >= 15 is 0 Å². The molecule has 6 heteroatoms. The molecule has 5 nitrogen and oxygen atoms in total. The molecule has 0 aliphatic carbocycles. The number of esters is 1. The lowest BCUT2D eigenvalue weighted by atomic mass is 10.2. The van der Waals surface area contributed by atoms with Crippen molar-refractivity contribution >= 4 is 21.9 Å². The van der Waals surface area contributed by atoms with Crippen LogP contribution in [-0.4, -0.2) is 16.2 Å². The van der Waals surface area contributed by atoms with Crippen molar-refractivity contribution in [2.24, 2.45) is 0 Å². The van der Waals surface area contributed by atoms with E-state index in [2.05, 4.69) is 26.1 Å². The molecule has 1 heterocycles. The van der Waals surface area contributed by atoms with Gasteiger partial charge in [-0.15, -0.1) is 10.2 Å². The van der Waals surface area contributed by atoms with Crippen molar-refractivity contribution in [2.45, 2.75) is 13.0 Å². The van der Waals surface area contributed by atoms with Gasteiger partial charge in [-0.05, 0) is 47.1 Å². The highest BCUT2D eigenvalue weighted by molar-refractivity contribution is 9.10. The summed E-state index contributed by atoms with van der Waals surface area (Å²) < 4.78 is 11.6. The third-order valence-corrected chi connectivity index (χ3v) is 3.88. The maximum Gasteiger partial charge on any atom is 0.340 e. The number of nitrogens with zero attached hydrogens (tertiary/aromatic N) is 2. The minimum absolute atomic E-state index is 0.254. The first-order chi connectivity index (χ1) is 11.1. The van der Waals surface area contributed by atoms with E-state index in [1.807, 2.05) is 36.4 Å². The van der Waals surface area contributed by atoms with Gasteiger partial charge in [0.25, 0.3) is 5.89 Å². The predicted octanol–water partition coefficient (Wildman–Crippen LogP) is 4.42. The Morgan fingerprint density at radius 1 is 1.09 bits per heavy atom. The third-order valence-electron chi connectivity index (χ3n) is 3.19. The number of ether oxygens (including phenoxy) is 1. The summed E-state index contributed by atoms with van der Waals surface area (Å²) in [6.07, 6.45) is -0.639. The van der Waals surface area contributed by atoms with Gasteiger partial charge in [-0.3, -0.25) is 0 Å². The van der Waals surface area contributed by atoms with Gasteiger partial charge in [-0.2, -0.15) is 0 Å². The minimum atomic E-state index is -0.639. The highest BCUT2D eigenvalue weighted by Gasteiger charge is 2.20. The average Bonchev–Trinajstić information content (AvgIpc) is 3.06. The number of halogens is 1. The Kier molecular flexibility index (Phi) is 4.52. The van der Waals surface area contributed by atoms with Crippen molar-refractivity contribution in [3.05, 3.63) is 70.5 Å². The van der Waals surface area contributed by atoms with Crippen LogP contribution in [0.15, 0.2) is 63.5 Å². The molecular weight excluding hydrogens is 360 g/mol. The van der Waals surface area contributed by atoms with Crippen LogP contribution in [0.2, 0.25) is 0 Å². The number of hydrogen-bond donors (Lipinski definition) is 0. The van der Waals surface area contributed by atoms with Gasteiger partial charge in [0, 0.05) is 10.0 Å². The van der Waals surface area contributed by atoms with Crippen LogP contribution < -0.4 is 0 Å². The van der Waals surface area contributed by atoms with E-state index in [9.17, 15) is 4.79 Å². The normalized spacial score (nSPS) is 11.9. The molecule has 0 aliphatic heterocycles. The maximum absolute atomic E-state index is 12.2. The Morgan fingerprint density at radius 2 is 1.78 bits per heavy atom. The second kappa shape index (κ2) is 6.75. The molecule has 3 aromatic rings. The van der Waals surface area contributed by atoms with E-state index < -0.39 is 12.1 Å². The molecule has 2 aromatic carbocycles. The van der Waals surface area contributed by atoms with Crippen LogP contribution in [0.4, 0.5) is 0 Å². The quantitative estimate of drug-likeness (QED) is 0.634. The second-order valence-electron chi connectivity index (χ2n) is 4.84. The molecule has 23 heavy (non-hydrogen) atoms. The Labute approximate surface area is 141 Å². The van der Waals surface area contributed by atoms with Crippen LogP contribution in [0.25, 0.3) is 11.5 Å². The zero-order chi connectivity index (χ0) is 16.2. The summed E-state index contributed by atoms with van der Waals surface area (Å²) in [6.45, 7) is 1.69. The minimum Gasteiger partial charge on any atom is -0.449 e. The first kappa shape index (κ1) is 15.4. The topological polar surface area (TPSA) is 65.2 Å². The molecule has 1 atom stereocenters. The summed E-state index contributed by atoms with van der Waals surface area (Å²) in [7, 11) is 0. The van der Waals surface area contributed by atoms with Gasteiger partial charge < -0.3 is 9.15 Å². The number of aromatic nitrogens is 2. The number of hydrogen-bond acceptors (Lipinski definition) is 5. The molecule has 0 fully saturated rings. The van der Waals surface area contributed by atoms with E-state index in [-0.39, 0.29) is 5.89 Å². The van der Waals surface area contributed by atoms with Crippen molar-refractivity contribution in [2.75, 3.05) is 0 Å². The summed E-state index contributed by atoms with van der Waals surface area (Å²) in [4.78, 5) is 12.2. The molecule has 0 aliphatic rings. The summed E-state index contributed by atoms with van der Waals surface area (Å²) in [5.74, 6) is 0.193. The van der Waals surface area contributed by atoms with Crippen molar-refractivity contribution in [1.82, 2.24) is 10.2 Å². The maximum atomic E-state index is 12.2. The fourth-order valence-electron chi connectivity index (χ4n) is 2.00. The molecule has 0 N–H and O–H groups in total. The Bertz CT molecular complexity index is 817. The largest absolute Gasteiger partial charge is 0.449 e. The summed E-state index contributed by atoms with van der Waals surface area (Å²) >= 11 is 3.33. The molecular formula is C17H13BrN2O3. The molecule has 1 aromatic heterocycles. The van der Waals surface area contributed by atoms with Crippen molar-refractivity contribution in [3.8, 4) is 11.5 Å². The third kappa shape index (κ3) is 3.48. The summed E-state index contributed by atoms with van der Waals surface area (Å²) in [5.41, 5.74) is 1.26. The lowest BCUT2D eigenvalue weighted by Crippen LogP contribution is -2.10. The van der Waals surface area contributed by atoms with Crippen molar-refractivity contribution < 1.29 is 13.9 Å². The van der Waals surface area contributed by atoms with E-state index in [4.69, 9.17) is 9.15 Å². The monoisotopic (exact) mass is 372 g/mol. The molecule has 0 saturated heterocycles. The Balaban J connectivity index is 1.74. The van der Waals surface area contributed by atoms with Crippen LogP contribution in [0.5, 0.6) is 0 Å². The SMILES string of the molecule is C[C@@H](OC(=O)c1ccccc1Br)c1nnc(-c2ccccc2)o1. The first-order valence-corrected chi connectivity index (χ1v) is 7.79. The molecule has 116 valence electrons. The Morgan fingerprint density at radius 3 is 2.52 bits per heavy atom. The van der Waals surface area contributed by atoms with E-state index in [1.54, 1.807) is 25.1 Å². The van der Waals surface area contributed by atoms with Crippen LogP contribution in [-0.2, 0) is 4.74 Å². The first-order valence-electron chi connectivity index (χ1n) is 6.99. The fourth-order valence-corrected chi connectivity index (χ4v) is 2.44.